The zero-order chi connectivity index (χ0) is 20.0. The molecular formula is C21H33N3O3S. The zero-order valence-electron chi connectivity index (χ0n) is 17.0. The average molecular weight is 408 g/mol. The molecule has 0 radical (unpaired) electrons. The van der Waals surface area contributed by atoms with Gasteiger partial charge in [0.25, 0.3) is 5.91 Å². The largest absolute Gasteiger partial charge is 0.352 e. The minimum Gasteiger partial charge on any atom is -0.352 e. The molecule has 156 valence electrons. The highest BCUT2D eigenvalue weighted by Crippen LogP contribution is 2.22. The van der Waals surface area contributed by atoms with Gasteiger partial charge in [0.2, 0.25) is 10.0 Å². The first-order chi connectivity index (χ1) is 13.5. The Morgan fingerprint density at radius 2 is 1.64 bits per heavy atom. The van der Waals surface area contributed by atoms with Crippen LogP contribution in [0.5, 0.6) is 0 Å². The summed E-state index contributed by atoms with van der Waals surface area (Å²) in [5, 5.41) is 2.96. The van der Waals surface area contributed by atoms with Crippen molar-refractivity contribution in [3.05, 3.63) is 29.3 Å². The minimum atomic E-state index is -3.55. The second kappa shape index (κ2) is 9.85. The lowest BCUT2D eigenvalue weighted by atomic mass is 10.1. The average Bonchev–Trinajstić information content (AvgIpc) is 3.04. The van der Waals surface area contributed by atoms with E-state index in [9.17, 15) is 13.2 Å². The molecule has 1 N–H and O–H groups in total. The molecule has 28 heavy (non-hydrogen) atoms. The molecule has 0 saturated carbocycles. The van der Waals surface area contributed by atoms with Crippen LogP contribution in [0, 0.1) is 6.92 Å². The number of hydrogen-bond acceptors (Lipinski definition) is 4. The van der Waals surface area contributed by atoms with Crippen LogP contribution in [-0.2, 0) is 10.0 Å². The fourth-order valence-electron chi connectivity index (χ4n) is 4.04. The molecule has 0 bridgehead atoms. The highest BCUT2D eigenvalue weighted by atomic mass is 32.2. The van der Waals surface area contributed by atoms with Gasteiger partial charge in [-0.25, -0.2) is 8.42 Å². The first-order valence-electron chi connectivity index (χ1n) is 10.6. The van der Waals surface area contributed by atoms with Crippen molar-refractivity contribution in [2.45, 2.75) is 56.8 Å². The number of carbonyl (C=O) groups excluding carboxylic acids is 1. The van der Waals surface area contributed by atoms with E-state index >= 15 is 0 Å². The van der Waals surface area contributed by atoms with E-state index in [-0.39, 0.29) is 10.8 Å². The number of amides is 1. The van der Waals surface area contributed by atoms with Crippen LogP contribution in [-0.4, -0.2) is 62.8 Å². The zero-order valence-corrected chi connectivity index (χ0v) is 17.8. The molecule has 0 atom stereocenters. The van der Waals surface area contributed by atoms with Gasteiger partial charge in [-0.1, -0.05) is 18.9 Å². The van der Waals surface area contributed by atoms with Gasteiger partial charge in [0.15, 0.2) is 0 Å². The second-order valence-corrected chi connectivity index (χ2v) is 9.89. The van der Waals surface area contributed by atoms with Gasteiger partial charge in [-0.15, -0.1) is 0 Å². The minimum absolute atomic E-state index is 0.188. The molecule has 2 saturated heterocycles. The van der Waals surface area contributed by atoms with E-state index in [1.54, 1.807) is 22.5 Å². The van der Waals surface area contributed by atoms with Crippen molar-refractivity contribution in [3.63, 3.8) is 0 Å². The van der Waals surface area contributed by atoms with Crippen LogP contribution >= 0.6 is 0 Å². The monoisotopic (exact) mass is 407 g/mol. The lowest BCUT2D eigenvalue weighted by Gasteiger charge is -2.20. The lowest BCUT2D eigenvalue weighted by Crippen LogP contribution is -2.32. The van der Waals surface area contributed by atoms with Gasteiger partial charge in [0, 0.05) is 25.2 Å². The molecular weight excluding hydrogens is 374 g/mol. The van der Waals surface area contributed by atoms with Crippen LogP contribution in [0.25, 0.3) is 0 Å². The summed E-state index contributed by atoms with van der Waals surface area (Å²) in [6.45, 7) is 6.90. The molecule has 6 nitrogen and oxygen atoms in total. The number of aryl methyl sites for hydroxylation is 1. The summed E-state index contributed by atoms with van der Waals surface area (Å²) in [7, 11) is -3.55. The Bertz CT molecular complexity index is 765. The summed E-state index contributed by atoms with van der Waals surface area (Å²) >= 11 is 0. The second-order valence-electron chi connectivity index (χ2n) is 7.95. The van der Waals surface area contributed by atoms with E-state index in [0.717, 1.165) is 57.3 Å². The molecule has 1 aromatic carbocycles. The highest BCUT2D eigenvalue weighted by Gasteiger charge is 2.26. The summed E-state index contributed by atoms with van der Waals surface area (Å²) < 4.78 is 27.6. The number of nitrogens with zero attached hydrogens (tertiary/aromatic N) is 2. The summed E-state index contributed by atoms with van der Waals surface area (Å²) in [5.74, 6) is -0.188. The van der Waals surface area contributed by atoms with Crippen molar-refractivity contribution in [2.24, 2.45) is 0 Å². The first kappa shape index (κ1) is 21.3. The lowest BCUT2D eigenvalue weighted by molar-refractivity contribution is 0.0951. The normalized spacial score (nSPS) is 19.5. The SMILES string of the molecule is Cc1ccc(S(=O)(=O)N2CCCCCC2)cc1C(=O)NCCCN1CCCC1. The number of benzene rings is 1. The van der Waals surface area contributed by atoms with Crippen LogP contribution in [0.15, 0.2) is 23.1 Å². The predicted molar refractivity (Wildman–Crippen MR) is 111 cm³/mol. The molecule has 2 heterocycles. The number of nitrogens with one attached hydrogen (secondary N) is 1. The number of hydrogen-bond donors (Lipinski definition) is 1. The fourth-order valence-corrected chi connectivity index (χ4v) is 5.59. The van der Waals surface area contributed by atoms with Crippen LogP contribution in [0.2, 0.25) is 0 Å². The van der Waals surface area contributed by atoms with Gasteiger partial charge in [0.05, 0.1) is 4.90 Å². The molecule has 3 rings (SSSR count). The van der Waals surface area contributed by atoms with E-state index in [0.29, 0.717) is 25.2 Å². The maximum Gasteiger partial charge on any atom is 0.251 e. The quantitative estimate of drug-likeness (QED) is 0.706. The van der Waals surface area contributed by atoms with Gasteiger partial charge in [0.1, 0.15) is 0 Å². The summed E-state index contributed by atoms with van der Waals surface area (Å²) in [6.07, 6.45) is 7.39. The van der Waals surface area contributed by atoms with Crippen molar-refractivity contribution in [1.82, 2.24) is 14.5 Å². The third-order valence-electron chi connectivity index (χ3n) is 5.79. The van der Waals surface area contributed by atoms with Crippen molar-refractivity contribution in [3.8, 4) is 0 Å². The van der Waals surface area contributed by atoms with Crippen LogP contribution < -0.4 is 5.32 Å². The molecule has 0 aliphatic carbocycles. The highest BCUT2D eigenvalue weighted by molar-refractivity contribution is 7.89. The Balaban J connectivity index is 1.63. The standard InChI is InChI=1S/C21H33N3O3S/c1-18-9-10-19(28(26,27)24-15-4-2-3-5-16-24)17-20(18)21(25)22-11-8-14-23-12-6-7-13-23/h9-10,17H,2-8,11-16H2,1H3,(H,22,25). The fraction of sp³-hybridized carbons (Fsp3) is 0.667. The number of rotatable bonds is 7. The van der Waals surface area contributed by atoms with Gasteiger partial charge < -0.3 is 10.2 Å². The number of sulfonamides is 1. The summed E-state index contributed by atoms with van der Waals surface area (Å²) in [6, 6.07) is 4.91. The van der Waals surface area contributed by atoms with E-state index < -0.39 is 10.0 Å². The van der Waals surface area contributed by atoms with Gasteiger partial charge in [-0.3, -0.25) is 4.79 Å². The molecule has 7 heteroatoms. The Morgan fingerprint density at radius 3 is 2.32 bits per heavy atom. The van der Waals surface area contributed by atoms with E-state index in [1.807, 2.05) is 6.92 Å². The molecule has 2 aliphatic heterocycles. The van der Waals surface area contributed by atoms with Crippen LogP contribution in [0.3, 0.4) is 0 Å². The molecule has 0 unspecified atom stereocenters. The Labute approximate surface area is 169 Å². The summed E-state index contributed by atoms with van der Waals surface area (Å²) in [4.78, 5) is 15.3. The molecule has 1 aromatic rings. The predicted octanol–water partition coefficient (Wildman–Crippen LogP) is 2.78. The Kier molecular flexibility index (Phi) is 7.48. The molecule has 2 fully saturated rings. The van der Waals surface area contributed by atoms with Crippen LogP contribution in [0.1, 0.15) is 60.9 Å². The first-order valence-corrected chi connectivity index (χ1v) is 12.0. The number of carbonyl (C=O) groups is 1. The van der Waals surface area contributed by atoms with Crippen LogP contribution in [0.4, 0.5) is 0 Å². The van der Waals surface area contributed by atoms with Crippen molar-refractivity contribution in [2.75, 3.05) is 39.3 Å². The summed E-state index contributed by atoms with van der Waals surface area (Å²) in [5.41, 5.74) is 1.25. The maximum absolute atomic E-state index is 13.0. The molecule has 1 amide bonds. The smallest absolute Gasteiger partial charge is 0.251 e. The third kappa shape index (κ3) is 5.33. The molecule has 2 aliphatic rings. The van der Waals surface area contributed by atoms with E-state index in [1.165, 1.54) is 12.8 Å². The molecule has 0 aromatic heterocycles. The topological polar surface area (TPSA) is 69.7 Å². The van der Waals surface area contributed by atoms with Gasteiger partial charge in [-0.05, 0) is 76.4 Å². The van der Waals surface area contributed by atoms with Crippen molar-refractivity contribution in [1.29, 1.82) is 0 Å². The van der Waals surface area contributed by atoms with Crippen molar-refractivity contribution >= 4 is 15.9 Å². The Hall–Kier alpha value is -1.44. The number of likely N-dealkylation sites (tertiary alicyclic amines) is 1. The van der Waals surface area contributed by atoms with Gasteiger partial charge in [-0.2, -0.15) is 4.31 Å². The van der Waals surface area contributed by atoms with Gasteiger partial charge >= 0.3 is 0 Å². The molecule has 0 spiro atoms. The Morgan fingerprint density at radius 1 is 1.00 bits per heavy atom. The van der Waals surface area contributed by atoms with Crippen molar-refractivity contribution < 1.29 is 13.2 Å². The third-order valence-corrected chi connectivity index (χ3v) is 7.69. The van der Waals surface area contributed by atoms with E-state index in [4.69, 9.17) is 0 Å². The van der Waals surface area contributed by atoms with E-state index in [2.05, 4.69) is 10.2 Å². The maximum atomic E-state index is 13.0.